The van der Waals surface area contributed by atoms with Crippen LogP contribution in [-0.4, -0.2) is 25.3 Å². The SMILES string of the molecule is CCCC(C)COC1CCCCCCC1NCC. The van der Waals surface area contributed by atoms with E-state index in [1.165, 1.54) is 51.4 Å². The quantitative estimate of drug-likeness (QED) is 0.738. The van der Waals surface area contributed by atoms with Crippen LogP contribution >= 0.6 is 0 Å². The number of ether oxygens (including phenoxy) is 1. The molecule has 0 amide bonds. The van der Waals surface area contributed by atoms with Crippen LogP contribution in [0.2, 0.25) is 0 Å². The molecule has 0 aromatic rings. The van der Waals surface area contributed by atoms with Crippen LogP contribution in [0.4, 0.5) is 0 Å². The minimum absolute atomic E-state index is 0.449. The zero-order valence-corrected chi connectivity index (χ0v) is 12.7. The van der Waals surface area contributed by atoms with Gasteiger partial charge in [-0.15, -0.1) is 0 Å². The van der Waals surface area contributed by atoms with E-state index < -0.39 is 0 Å². The highest BCUT2D eigenvalue weighted by atomic mass is 16.5. The summed E-state index contributed by atoms with van der Waals surface area (Å²) in [4.78, 5) is 0. The van der Waals surface area contributed by atoms with Crippen molar-refractivity contribution in [1.29, 1.82) is 0 Å². The minimum atomic E-state index is 0.449. The Bertz CT molecular complexity index is 196. The molecule has 1 fully saturated rings. The molecule has 0 aliphatic heterocycles. The lowest BCUT2D eigenvalue weighted by molar-refractivity contribution is -0.00341. The van der Waals surface area contributed by atoms with Crippen molar-refractivity contribution in [3.05, 3.63) is 0 Å². The summed E-state index contributed by atoms with van der Waals surface area (Å²) in [6.07, 6.45) is 11.0. The molecule has 3 unspecified atom stereocenters. The van der Waals surface area contributed by atoms with Crippen molar-refractivity contribution in [2.45, 2.75) is 84.3 Å². The maximum absolute atomic E-state index is 6.24. The van der Waals surface area contributed by atoms with E-state index in [4.69, 9.17) is 4.74 Å². The van der Waals surface area contributed by atoms with Gasteiger partial charge in [0, 0.05) is 12.6 Å². The standard InChI is InChI=1S/C16H33NO/c1-4-10-14(3)13-18-16-12-9-7-6-8-11-15(16)17-5-2/h14-17H,4-13H2,1-3H3. The Morgan fingerprint density at radius 2 is 1.83 bits per heavy atom. The maximum atomic E-state index is 6.24. The third kappa shape index (κ3) is 6.19. The molecule has 2 heteroatoms. The van der Waals surface area contributed by atoms with Gasteiger partial charge in [-0.2, -0.15) is 0 Å². The predicted molar refractivity (Wildman–Crippen MR) is 79.0 cm³/mol. The zero-order chi connectivity index (χ0) is 13.2. The second kappa shape index (κ2) is 9.80. The minimum Gasteiger partial charge on any atom is -0.376 e. The van der Waals surface area contributed by atoms with Crippen molar-refractivity contribution < 1.29 is 4.74 Å². The van der Waals surface area contributed by atoms with E-state index in [9.17, 15) is 0 Å². The van der Waals surface area contributed by atoms with Gasteiger partial charge < -0.3 is 10.1 Å². The number of rotatable bonds is 7. The van der Waals surface area contributed by atoms with E-state index in [0.29, 0.717) is 18.1 Å². The maximum Gasteiger partial charge on any atom is 0.0728 e. The molecule has 1 aliphatic carbocycles. The van der Waals surface area contributed by atoms with E-state index in [1.807, 2.05) is 0 Å². The normalized spacial score (nSPS) is 27.5. The third-order valence-corrected chi connectivity index (χ3v) is 4.05. The van der Waals surface area contributed by atoms with E-state index in [0.717, 1.165) is 13.2 Å². The number of nitrogens with one attached hydrogen (secondary N) is 1. The van der Waals surface area contributed by atoms with Crippen molar-refractivity contribution in [3.8, 4) is 0 Å². The van der Waals surface area contributed by atoms with E-state index >= 15 is 0 Å². The van der Waals surface area contributed by atoms with Crippen LogP contribution in [0.1, 0.15) is 72.1 Å². The fourth-order valence-electron chi connectivity index (χ4n) is 3.01. The molecule has 108 valence electrons. The van der Waals surface area contributed by atoms with Crippen LogP contribution in [0.3, 0.4) is 0 Å². The number of hydrogen-bond donors (Lipinski definition) is 1. The molecule has 3 atom stereocenters. The molecule has 0 aromatic heterocycles. The van der Waals surface area contributed by atoms with Gasteiger partial charge in [-0.05, 0) is 31.7 Å². The zero-order valence-electron chi connectivity index (χ0n) is 12.7. The van der Waals surface area contributed by atoms with Crippen LogP contribution < -0.4 is 5.32 Å². The molecule has 1 rings (SSSR count). The largest absolute Gasteiger partial charge is 0.376 e. The lowest BCUT2D eigenvalue weighted by atomic mass is 9.94. The first kappa shape index (κ1) is 16.0. The Kier molecular flexibility index (Phi) is 8.70. The first-order valence-electron chi connectivity index (χ1n) is 8.12. The predicted octanol–water partition coefficient (Wildman–Crippen LogP) is 4.14. The summed E-state index contributed by atoms with van der Waals surface area (Å²) < 4.78 is 6.24. The molecule has 0 radical (unpaired) electrons. The summed E-state index contributed by atoms with van der Waals surface area (Å²) in [6, 6.07) is 0.587. The molecule has 1 saturated carbocycles. The smallest absolute Gasteiger partial charge is 0.0728 e. The van der Waals surface area contributed by atoms with Crippen molar-refractivity contribution >= 4 is 0 Å². The summed E-state index contributed by atoms with van der Waals surface area (Å²) in [5.74, 6) is 0.711. The van der Waals surface area contributed by atoms with Crippen LogP contribution in [0.25, 0.3) is 0 Å². The Hall–Kier alpha value is -0.0800. The molecule has 2 nitrogen and oxygen atoms in total. The number of likely N-dealkylation sites (N-methyl/N-ethyl adjacent to an activating group) is 1. The van der Waals surface area contributed by atoms with Crippen LogP contribution in [0, 0.1) is 5.92 Å². The van der Waals surface area contributed by atoms with Gasteiger partial charge in [0.05, 0.1) is 6.10 Å². The fourth-order valence-corrected chi connectivity index (χ4v) is 3.01. The average molecular weight is 255 g/mol. The average Bonchev–Trinajstić information content (AvgIpc) is 2.32. The Labute approximate surface area is 114 Å². The van der Waals surface area contributed by atoms with Crippen molar-refractivity contribution in [2.75, 3.05) is 13.2 Å². The highest BCUT2D eigenvalue weighted by molar-refractivity contribution is 4.79. The Morgan fingerprint density at radius 1 is 1.11 bits per heavy atom. The monoisotopic (exact) mass is 255 g/mol. The first-order chi connectivity index (χ1) is 8.77. The van der Waals surface area contributed by atoms with Gasteiger partial charge in [-0.25, -0.2) is 0 Å². The fraction of sp³-hybridized carbons (Fsp3) is 1.00. The summed E-state index contributed by atoms with van der Waals surface area (Å²) in [6.45, 7) is 8.79. The van der Waals surface area contributed by atoms with Crippen LogP contribution in [0.15, 0.2) is 0 Å². The van der Waals surface area contributed by atoms with Gasteiger partial charge in [0.25, 0.3) is 0 Å². The highest BCUT2D eigenvalue weighted by Crippen LogP contribution is 2.21. The van der Waals surface area contributed by atoms with Crippen molar-refractivity contribution in [2.24, 2.45) is 5.92 Å². The van der Waals surface area contributed by atoms with E-state index in [2.05, 4.69) is 26.1 Å². The summed E-state index contributed by atoms with van der Waals surface area (Å²) in [5, 5.41) is 3.63. The van der Waals surface area contributed by atoms with Crippen molar-refractivity contribution in [3.63, 3.8) is 0 Å². The third-order valence-electron chi connectivity index (χ3n) is 4.05. The Balaban J connectivity index is 2.39. The lowest BCUT2D eigenvalue weighted by Gasteiger charge is -2.31. The first-order valence-corrected chi connectivity index (χ1v) is 8.12. The van der Waals surface area contributed by atoms with Gasteiger partial charge in [0.15, 0.2) is 0 Å². The Morgan fingerprint density at radius 3 is 2.50 bits per heavy atom. The van der Waals surface area contributed by atoms with Gasteiger partial charge in [-0.3, -0.25) is 0 Å². The summed E-state index contributed by atoms with van der Waals surface area (Å²) in [5.41, 5.74) is 0. The molecular weight excluding hydrogens is 222 g/mol. The van der Waals surface area contributed by atoms with Crippen LogP contribution in [-0.2, 0) is 4.74 Å². The summed E-state index contributed by atoms with van der Waals surface area (Å²) in [7, 11) is 0. The molecule has 18 heavy (non-hydrogen) atoms. The number of hydrogen-bond acceptors (Lipinski definition) is 2. The second-order valence-corrected chi connectivity index (χ2v) is 5.92. The molecule has 0 bridgehead atoms. The van der Waals surface area contributed by atoms with Gasteiger partial charge in [-0.1, -0.05) is 52.9 Å². The molecule has 0 heterocycles. The molecule has 1 N–H and O–H groups in total. The van der Waals surface area contributed by atoms with Gasteiger partial charge in [0.2, 0.25) is 0 Å². The molecule has 0 saturated heterocycles. The van der Waals surface area contributed by atoms with E-state index in [-0.39, 0.29) is 0 Å². The van der Waals surface area contributed by atoms with Gasteiger partial charge in [0.1, 0.15) is 0 Å². The summed E-state index contributed by atoms with van der Waals surface area (Å²) >= 11 is 0. The second-order valence-electron chi connectivity index (χ2n) is 5.92. The molecule has 0 aromatic carbocycles. The lowest BCUT2D eigenvalue weighted by Crippen LogP contribution is -2.42. The van der Waals surface area contributed by atoms with Gasteiger partial charge >= 0.3 is 0 Å². The molecular formula is C16H33NO. The highest BCUT2D eigenvalue weighted by Gasteiger charge is 2.23. The van der Waals surface area contributed by atoms with Crippen molar-refractivity contribution in [1.82, 2.24) is 5.32 Å². The molecule has 0 spiro atoms. The topological polar surface area (TPSA) is 21.3 Å². The van der Waals surface area contributed by atoms with Crippen LogP contribution in [0.5, 0.6) is 0 Å². The van der Waals surface area contributed by atoms with E-state index in [1.54, 1.807) is 0 Å². The molecule has 1 aliphatic rings.